The summed E-state index contributed by atoms with van der Waals surface area (Å²) in [5.74, 6) is -0.153. The molecule has 0 aliphatic carbocycles. The Labute approximate surface area is 181 Å². The zero-order valence-electron chi connectivity index (χ0n) is 16.9. The Hall–Kier alpha value is -3.08. The zero-order chi connectivity index (χ0) is 21.1. The Bertz CT molecular complexity index is 1270. The molecule has 2 N–H and O–H groups in total. The normalized spacial score (nSPS) is 10.9. The van der Waals surface area contributed by atoms with Gasteiger partial charge in [0.15, 0.2) is 0 Å². The monoisotopic (exact) mass is 465 g/mol. The van der Waals surface area contributed by atoms with E-state index in [1.54, 1.807) is 0 Å². The summed E-state index contributed by atoms with van der Waals surface area (Å²) in [6, 6.07) is 21.3. The minimum atomic E-state index is -0.153. The summed E-state index contributed by atoms with van der Waals surface area (Å²) in [6.45, 7) is 5.05. The molecular formula is C24H23N3O2Se. The van der Waals surface area contributed by atoms with Crippen molar-refractivity contribution in [3.05, 3.63) is 93.8 Å². The summed E-state index contributed by atoms with van der Waals surface area (Å²) >= 11 is -0.0272. The molecule has 0 bridgehead atoms. The van der Waals surface area contributed by atoms with E-state index in [1.807, 2.05) is 64.2 Å². The van der Waals surface area contributed by atoms with Crippen molar-refractivity contribution in [3.63, 3.8) is 0 Å². The van der Waals surface area contributed by atoms with Crippen molar-refractivity contribution in [2.75, 3.05) is 11.9 Å². The summed E-state index contributed by atoms with van der Waals surface area (Å²) in [4.78, 5) is 25.3. The van der Waals surface area contributed by atoms with Gasteiger partial charge in [-0.1, -0.05) is 0 Å². The molecule has 0 aliphatic heterocycles. The zero-order valence-corrected chi connectivity index (χ0v) is 18.7. The molecular weight excluding hydrogens is 441 g/mol. The van der Waals surface area contributed by atoms with Crippen molar-refractivity contribution < 1.29 is 4.79 Å². The standard InChI is InChI=1S/C24H23N3O2Se/c1-16-8-7-12-20(17(16)2)26-21-11-5-3-9-18(21)23(28)25-14-15-27-24(29)19-10-4-6-13-22(19)30-27/h3-13,26H,14-15H2,1-2H3,(H,25,28). The molecule has 6 heteroatoms. The van der Waals surface area contributed by atoms with Gasteiger partial charge in [0.25, 0.3) is 0 Å². The molecule has 0 saturated heterocycles. The van der Waals surface area contributed by atoms with Crippen LogP contribution in [-0.4, -0.2) is 30.7 Å². The molecule has 0 radical (unpaired) electrons. The van der Waals surface area contributed by atoms with E-state index < -0.39 is 0 Å². The van der Waals surface area contributed by atoms with Gasteiger partial charge in [-0.3, -0.25) is 0 Å². The number of rotatable bonds is 6. The summed E-state index contributed by atoms with van der Waals surface area (Å²) in [7, 11) is 0. The van der Waals surface area contributed by atoms with Crippen LogP contribution < -0.4 is 16.2 Å². The Morgan fingerprint density at radius 2 is 1.67 bits per heavy atom. The second kappa shape index (κ2) is 8.74. The summed E-state index contributed by atoms with van der Waals surface area (Å²) < 4.78 is 2.93. The number of hydrogen-bond donors (Lipinski definition) is 2. The van der Waals surface area contributed by atoms with Crippen molar-refractivity contribution >= 4 is 41.7 Å². The Balaban J connectivity index is 1.47. The first-order valence-electron chi connectivity index (χ1n) is 9.84. The molecule has 0 saturated carbocycles. The van der Waals surface area contributed by atoms with Crippen molar-refractivity contribution in [1.82, 2.24) is 8.88 Å². The van der Waals surface area contributed by atoms with Gasteiger partial charge in [0.2, 0.25) is 0 Å². The van der Waals surface area contributed by atoms with Gasteiger partial charge in [0, 0.05) is 0 Å². The number of carbonyl (C=O) groups excluding carboxylic acids is 1. The van der Waals surface area contributed by atoms with E-state index in [9.17, 15) is 9.59 Å². The van der Waals surface area contributed by atoms with Gasteiger partial charge in [-0.25, -0.2) is 0 Å². The average molecular weight is 464 g/mol. The topological polar surface area (TPSA) is 63.1 Å². The molecule has 0 unspecified atom stereocenters. The number of aryl methyl sites for hydroxylation is 1. The fourth-order valence-corrected chi connectivity index (χ4v) is 5.44. The number of aromatic nitrogens is 1. The summed E-state index contributed by atoms with van der Waals surface area (Å²) in [5, 5.41) is 7.14. The predicted molar refractivity (Wildman–Crippen MR) is 123 cm³/mol. The minimum absolute atomic E-state index is 0.0272. The van der Waals surface area contributed by atoms with E-state index >= 15 is 0 Å². The van der Waals surface area contributed by atoms with Gasteiger partial charge in [-0.15, -0.1) is 0 Å². The van der Waals surface area contributed by atoms with Crippen LogP contribution in [0, 0.1) is 13.8 Å². The van der Waals surface area contributed by atoms with Crippen LogP contribution in [0.4, 0.5) is 11.4 Å². The van der Waals surface area contributed by atoms with Crippen molar-refractivity contribution in [1.29, 1.82) is 0 Å². The second-order valence-electron chi connectivity index (χ2n) is 7.17. The molecule has 1 aromatic heterocycles. The van der Waals surface area contributed by atoms with E-state index in [4.69, 9.17) is 0 Å². The van der Waals surface area contributed by atoms with E-state index in [-0.39, 0.29) is 26.2 Å². The van der Waals surface area contributed by atoms with Gasteiger partial charge in [-0.2, -0.15) is 0 Å². The molecule has 4 rings (SSSR count). The van der Waals surface area contributed by atoms with E-state index in [1.165, 1.54) is 5.56 Å². The summed E-state index contributed by atoms with van der Waals surface area (Å²) in [6.07, 6.45) is 0. The Morgan fingerprint density at radius 1 is 0.933 bits per heavy atom. The first kappa shape index (κ1) is 20.2. The maximum absolute atomic E-state index is 12.8. The van der Waals surface area contributed by atoms with Gasteiger partial charge in [0.05, 0.1) is 0 Å². The Morgan fingerprint density at radius 3 is 2.50 bits per heavy atom. The third kappa shape index (κ3) is 4.11. The van der Waals surface area contributed by atoms with Crippen molar-refractivity contribution in [3.8, 4) is 0 Å². The molecule has 5 nitrogen and oxygen atoms in total. The number of amides is 1. The predicted octanol–water partition coefficient (Wildman–Crippen LogP) is 3.85. The third-order valence-corrected chi connectivity index (χ3v) is 7.55. The fraction of sp³-hybridized carbons (Fsp3) is 0.167. The second-order valence-corrected chi connectivity index (χ2v) is 9.40. The number of fused-ring (bicyclic) bond motifs is 1. The van der Waals surface area contributed by atoms with Crippen LogP contribution in [0.2, 0.25) is 0 Å². The molecule has 0 fully saturated rings. The van der Waals surface area contributed by atoms with E-state index in [0.717, 1.165) is 26.6 Å². The van der Waals surface area contributed by atoms with Crippen LogP contribution in [-0.2, 0) is 6.54 Å². The average Bonchev–Trinajstić information content (AvgIpc) is 3.07. The Kier molecular flexibility index (Phi) is 5.88. The number of anilines is 2. The first-order chi connectivity index (χ1) is 14.5. The van der Waals surface area contributed by atoms with Crippen molar-refractivity contribution in [2.24, 2.45) is 0 Å². The molecule has 0 aliphatic rings. The molecule has 4 aromatic rings. The van der Waals surface area contributed by atoms with Crippen LogP contribution in [0.3, 0.4) is 0 Å². The number of carbonyl (C=O) groups is 1. The first-order valence-corrected chi connectivity index (χ1v) is 11.5. The van der Waals surface area contributed by atoms with Gasteiger partial charge < -0.3 is 0 Å². The molecule has 30 heavy (non-hydrogen) atoms. The summed E-state index contributed by atoms with van der Waals surface area (Å²) in [5.41, 5.74) is 4.73. The van der Waals surface area contributed by atoms with E-state index in [2.05, 4.69) is 30.5 Å². The number of benzene rings is 3. The van der Waals surface area contributed by atoms with Crippen molar-refractivity contribution in [2.45, 2.75) is 20.4 Å². The van der Waals surface area contributed by atoms with Crippen LogP contribution >= 0.6 is 0 Å². The fourth-order valence-electron chi connectivity index (χ4n) is 3.35. The molecule has 152 valence electrons. The maximum atomic E-state index is 12.8. The molecule has 0 atom stereocenters. The molecule has 1 amide bonds. The van der Waals surface area contributed by atoms with E-state index in [0.29, 0.717) is 18.7 Å². The van der Waals surface area contributed by atoms with Crippen LogP contribution in [0.1, 0.15) is 21.5 Å². The third-order valence-electron chi connectivity index (χ3n) is 5.20. The molecule has 0 spiro atoms. The van der Waals surface area contributed by atoms with Crippen LogP contribution in [0.15, 0.2) is 71.5 Å². The SMILES string of the molecule is Cc1cccc(Nc2ccccc2C(=O)NCCn2[se]c3ccccc3c2=O)c1C. The van der Waals surface area contributed by atoms with Gasteiger partial charge in [0.1, 0.15) is 0 Å². The van der Waals surface area contributed by atoms with Crippen LogP contribution in [0.5, 0.6) is 0 Å². The molecule has 3 aromatic carbocycles. The number of para-hydroxylation sites is 1. The van der Waals surface area contributed by atoms with Crippen LogP contribution in [0.25, 0.3) is 9.65 Å². The number of nitrogens with zero attached hydrogens (tertiary/aromatic N) is 1. The molecule has 1 heterocycles. The van der Waals surface area contributed by atoms with Gasteiger partial charge >= 0.3 is 181 Å². The number of hydrogen-bond acceptors (Lipinski definition) is 3. The number of nitrogens with one attached hydrogen (secondary N) is 2. The quantitative estimate of drug-likeness (QED) is 0.426. The van der Waals surface area contributed by atoms with Gasteiger partial charge in [-0.05, 0) is 0 Å².